The van der Waals surface area contributed by atoms with Gasteiger partial charge in [-0.3, -0.25) is 4.90 Å². The van der Waals surface area contributed by atoms with Crippen molar-refractivity contribution in [1.82, 2.24) is 20.5 Å². The molecule has 3 fully saturated rings. The molecule has 4 rings (SSSR count). The number of aromatic nitrogens is 1. The second-order valence-corrected chi connectivity index (χ2v) is 9.02. The molecular formula is C24H41IN6O2. The average molecular weight is 573 g/mol. The van der Waals surface area contributed by atoms with E-state index in [1.54, 1.807) is 0 Å². The Kier molecular flexibility index (Phi) is 10.9. The van der Waals surface area contributed by atoms with Crippen LogP contribution in [-0.2, 0) is 16.0 Å². The van der Waals surface area contributed by atoms with Crippen molar-refractivity contribution in [3.05, 3.63) is 23.9 Å². The molecule has 0 aromatic carbocycles. The monoisotopic (exact) mass is 572 g/mol. The Balaban J connectivity index is 0.00000306. The fourth-order valence-corrected chi connectivity index (χ4v) is 5.22. The Morgan fingerprint density at radius 1 is 1.03 bits per heavy atom. The number of morpholine rings is 2. The normalized spacial score (nSPS) is 21.8. The van der Waals surface area contributed by atoms with Crippen molar-refractivity contribution in [1.29, 1.82) is 0 Å². The number of halogens is 1. The minimum Gasteiger partial charge on any atom is -0.379 e. The minimum atomic E-state index is 0. The molecule has 33 heavy (non-hydrogen) atoms. The number of anilines is 1. The van der Waals surface area contributed by atoms with Gasteiger partial charge in [0.25, 0.3) is 0 Å². The maximum absolute atomic E-state index is 5.63. The van der Waals surface area contributed by atoms with Crippen LogP contribution in [0.2, 0.25) is 0 Å². The van der Waals surface area contributed by atoms with Crippen molar-refractivity contribution < 1.29 is 9.47 Å². The molecule has 2 aliphatic heterocycles. The van der Waals surface area contributed by atoms with Gasteiger partial charge in [0, 0.05) is 56.6 Å². The first kappa shape index (κ1) is 26.4. The van der Waals surface area contributed by atoms with E-state index < -0.39 is 0 Å². The predicted octanol–water partition coefficient (Wildman–Crippen LogP) is 2.63. The summed E-state index contributed by atoms with van der Waals surface area (Å²) in [5.41, 5.74) is 1.37. The van der Waals surface area contributed by atoms with Crippen molar-refractivity contribution in [2.24, 2.45) is 4.99 Å². The molecule has 0 unspecified atom stereocenters. The van der Waals surface area contributed by atoms with Crippen LogP contribution in [0.5, 0.6) is 0 Å². The second-order valence-electron chi connectivity index (χ2n) is 9.02. The number of hydrogen-bond donors (Lipinski definition) is 2. The summed E-state index contributed by atoms with van der Waals surface area (Å²) in [5, 5.41) is 7.15. The van der Waals surface area contributed by atoms with Crippen LogP contribution in [0.4, 0.5) is 5.82 Å². The second kappa shape index (κ2) is 13.7. The smallest absolute Gasteiger partial charge is 0.191 e. The highest BCUT2D eigenvalue weighted by molar-refractivity contribution is 14.0. The quantitative estimate of drug-likeness (QED) is 0.296. The zero-order valence-corrected chi connectivity index (χ0v) is 22.4. The number of nitrogens with one attached hydrogen (secondary N) is 2. The van der Waals surface area contributed by atoms with Crippen LogP contribution in [0, 0.1) is 0 Å². The molecule has 9 heteroatoms. The van der Waals surface area contributed by atoms with Gasteiger partial charge in [0.05, 0.1) is 33.0 Å². The topological polar surface area (TPSA) is 74.2 Å². The number of pyridine rings is 1. The van der Waals surface area contributed by atoms with E-state index in [9.17, 15) is 0 Å². The highest BCUT2D eigenvalue weighted by Gasteiger charge is 2.38. The van der Waals surface area contributed by atoms with Gasteiger partial charge < -0.3 is 25.0 Å². The van der Waals surface area contributed by atoms with E-state index in [0.717, 1.165) is 83.0 Å². The highest BCUT2D eigenvalue weighted by atomic mass is 127. The minimum absolute atomic E-state index is 0. The molecular weight excluding hydrogens is 531 g/mol. The summed E-state index contributed by atoms with van der Waals surface area (Å²) in [6.45, 7) is 11.6. The number of nitrogens with zero attached hydrogens (tertiary/aromatic N) is 4. The molecule has 0 spiro atoms. The van der Waals surface area contributed by atoms with Crippen LogP contribution in [0.1, 0.15) is 44.6 Å². The summed E-state index contributed by atoms with van der Waals surface area (Å²) in [6, 6.07) is 4.14. The molecule has 1 aromatic rings. The van der Waals surface area contributed by atoms with E-state index in [1.165, 1.54) is 32.1 Å². The number of aliphatic imine (C=N–C) groups is 1. The Morgan fingerprint density at radius 2 is 1.73 bits per heavy atom. The third-order valence-corrected chi connectivity index (χ3v) is 6.98. The number of guanidine groups is 1. The van der Waals surface area contributed by atoms with Crippen molar-refractivity contribution >= 4 is 35.8 Å². The lowest BCUT2D eigenvalue weighted by molar-refractivity contribution is -0.0352. The molecule has 3 aliphatic rings. The molecule has 0 bridgehead atoms. The number of hydrogen-bond acceptors (Lipinski definition) is 6. The molecule has 0 amide bonds. The lowest BCUT2D eigenvalue weighted by Gasteiger charge is -2.48. The van der Waals surface area contributed by atoms with E-state index in [1.807, 2.05) is 12.3 Å². The number of rotatable bonds is 7. The van der Waals surface area contributed by atoms with E-state index >= 15 is 0 Å². The van der Waals surface area contributed by atoms with Crippen LogP contribution in [-0.4, -0.2) is 87.1 Å². The van der Waals surface area contributed by atoms with Gasteiger partial charge in [-0.05, 0) is 25.8 Å². The van der Waals surface area contributed by atoms with Gasteiger partial charge in [0.2, 0.25) is 0 Å². The van der Waals surface area contributed by atoms with Crippen molar-refractivity contribution in [3.8, 4) is 0 Å². The van der Waals surface area contributed by atoms with Crippen LogP contribution in [0.3, 0.4) is 0 Å². The zero-order chi connectivity index (χ0) is 22.1. The van der Waals surface area contributed by atoms with E-state index in [0.29, 0.717) is 6.54 Å². The molecule has 0 radical (unpaired) electrons. The molecule has 3 heterocycles. The van der Waals surface area contributed by atoms with E-state index in [-0.39, 0.29) is 29.5 Å². The summed E-state index contributed by atoms with van der Waals surface area (Å²) in [4.78, 5) is 14.6. The van der Waals surface area contributed by atoms with Gasteiger partial charge in [-0.1, -0.05) is 25.3 Å². The predicted molar refractivity (Wildman–Crippen MR) is 144 cm³/mol. The first-order valence-electron chi connectivity index (χ1n) is 12.4. The fourth-order valence-electron chi connectivity index (χ4n) is 5.22. The van der Waals surface area contributed by atoms with Gasteiger partial charge in [-0.2, -0.15) is 0 Å². The van der Waals surface area contributed by atoms with Crippen LogP contribution in [0.15, 0.2) is 23.3 Å². The van der Waals surface area contributed by atoms with Crippen molar-refractivity contribution in [2.45, 2.75) is 51.1 Å². The molecule has 1 aromatic heterocycles. The molecule has 186 valence electrons. The maximum Gasteiger partial charge on any atom is 0.191 e. The van der Waals surface area contributed by atoms with Crippen LogP contribution < -0.4 is 15.5 Å². The summed E-state index contributed by atoms with van der Waals surface area (Å²) in [6.07, 6.45) is 8.35. The lowest BCUT2D eigenvalue weighted by atomic mass is 9.80. The van der Waals surface area contributed by atoms with Gasteiger partial charge in [-0.15, -0.1) is 24.0 Å². The van der Waals surface area contributed by atoms with Gasteiger partial charge in [0.1, 0.15) is 5.82 Å². The molecule has 2 N–H and O–H groups in total. The van der Waals surface area contributed by atoms with Crippen molar-refractivity contribution in [2.75, 3.05) is 70.6 Å². The summed E-state index contributed by atoms with van der Waals surface area (Å²) in [7, 11) is 0. The molecule has 1 aliphatic carbocycles. The van der Waals surface area contributed by atoms with Crippen LogP contribution >= 0.6 is 24.0 Å². The molecule has 8 nitrogen and oxygen atoms in total. The fraction of sp³-hybridized carbons (Fsp3) is 0.750. The summed E-state index contributed by atoms with van der Waals surface area (Å²) < 4.78 is 11.1. The zero-order valence-electron chi connectivity index (χ0n) is 20.1. The average Bonchev–Trinajstić information content (AvgIpc) is 2.87. The van der Waals surface area contributed by atoms with Gasteiger partial charge in [-0.25, -0.2) is 9.98 Å². The maximum atomic E-state index is 5.63. The molecule has 2 saturated heterocycles. The highest BCUT2D eigenvalue weighted by Crippen LogP contribution is 2.33. The standard InChI is InChI=1S/C24H40N6O2.HI/c1-2-25-23(27-19-21-7-6-10-26-22(21)29-11-15-31-16-12-29)28-20-24(8-4-3-5-9-24)30-13-17-32-18-14-30;/h6-7,10H,2-5,8-9,11-20H2,1H3,(H2,25,27,28);1H. The Bertz CT molecular complexity index is 731. The SMILES string of the molecule is CCNC(=NCc1cccnc1N1CCOCC1)NCC1(N2CCOCC2)CCCCC1.I. The Morgan fingerprint density at radius 3 is 2.42 bits per heavy atom. The largest absolute Gasteiger partial charge is 0.379 e. The van der Waals surface area contributed by atoms with E-state index in [4.69, 9.17) is 14.5 Å². The first-order valence-corrected chi connectivity index (χ1v) is 12.4. The lowest BCUT2D eigenvalue weighted by Crippen LogP contribution is -2.60. The van der Waals surface area contributed by atoms with Gasteiger partial charge >= 0.3 is 0 Å². The van der Waals surface area contributed by atoms with Crippen molar-refractivity contribution in [3.63, 3.8) is 0 Å². The Labute approximate surface area is 215 Å². The first-order chi connectivity index (χ1) is 15.8. The van der Waals surface area contributed by atoms with Gasteiger partial charge in [0.15, 0.2) is 5.96 Å². The summed E-state index contributed by atoms with van der Waals surface area (Å²) in [5.74, 6) is 1.93. The Hall–Kier alpha value is -1.17. The van der Waals surface area contributed by atoms with Crippen LogP contribution in [0.25, 0.3) is 0 Å². The third-order valence-electron chi connectivity index (χ3n) is 6.98. The molecule has 1 saturated carbocycles. The number of ether oxygens (including phenoxy) is 2. The van der Waals surface area contributed by atoms with E-state index in [2.05, 4.69) is 38.4 Å². The third kappa shape index (κ3) is 7.16. The molecule has 0 atom stereocenters. The summed E-state index contributed by atoms with van der Waals surface area (Å²) >= 11 is 0.